The summed E-state index contributed by atoms with van der Waals surface area (Å²) < 4.78 is 11.0. The van der Waals surface area contributed by atoms with Gasteiger partial charge in [-0.1, -0.05) is 0 Å². The van der Waals surface area contributed by atoms with Crippen molar-refractivity contribution in [1.29, 1.82) is 0 Å². The minimum Gasteiger partial charge on any atom is -0.379 e. The van der Waals surface area contributed by atoms with E-state index in [0.29, 0.717) is 31.3 Å². The number of guanidine groups is 1. The van der Waals surface area contributed by atoms with E-state index in [0.717, 1.165) is 32.5 Å². The van der Waals surface area contributed by atoms with Crippen molar-refractivity contribution < 1.29 is 9.47 Å². The van der Waals surface area contributed by atoms with Gasteiger partial charge < -0.3 is 20.5 Å². The Labute approximate surface area is 127 Å². The van der Waals surface area contributed by atoms with Crippen LogP contribution in [-0.4, -0.2) is 44.5 Å². The van der Waals surface area contributed by atoms with Crippen molar-refractivity contribution in [2.45, 2.75) is 45.3 Å². The van der Waals surface area contributed by atoms with Crippen LogP contribution >= 0.6 is 24.0 Å². The monoisotopic (exact) mass is 371 g/mol. The lowest BCUT2D eigenvalue weighted by atomic mass is 10.2. The third-order valence-corrected chi connectivity index (χ3v) is 2.49. The quantitative estimate of drug-likeness (QED) is 0.308. The van der Waals surface area contributed by atoms with Crippen LogP contribution in [-0.2, 0) is 9.47 Å². The van der Waals surface area contributed by atoms with Gasteiger partial charge in [-0.2, -0.15) is 0 Å². The molecule has 1 fully saturated rings. The minimum atomic E-state index is 0. The normalized spacial score (nSPS) is 19.9. The van der Waals surface area contributed by atoms with E-state index in [1.807, 2.05) is 13.8 Å². The number of nitrogens with one attached hydrogen (secondary N) is 1. The summed E-state index contributed by atoms with van der Waals surface area (Å²) in [5.74, 6) is 0.513. The minimum absolute atomic E-state index is 0. The first-order chi connectivity index (χ1) is 8.18. The average molecular weight is 371 g/mol. The van der Waals surface area contributed by atoms with Crippen molar-refractivity contribution in [1.82, 2.24) is 5.32 Å². The Morgan fingerprint density at radius 2 is 2.33 bits per heavy atom. The summed E-state index contributed by atoms with van der Waals surface area (Å²) in [4.78, 5) is 4.21. The molecule has 6 heteroatoms. The van der Waals surface area contributed by atoms with Gasteiger partial charge in [0.2, 0.25) is 0 Å². The molecule has 0 aromatic carbocycles. The van der Waals surface area contributed by atoms with Crippen LogP contribution in [0, 0.1) is 0 Å². The van der Waals surface area contributed by atoms with E-state index in [2.05, 4.69) is 10.3 Å². The first-order valence-corrected chi connectivity index (χ1v) is 6.44. The molecule has 18 heavy (non-hydrogen) atoms. The molecule has 5 nitrogen and oxygen atoms in total. The third-order valence-electron chi connectivity index (χ3n) is 2.49. The molecule has 1 unspecified atom stereocenters. The van der Waals surface area contributed by atoms with Crippen LogP contribution in [0.4, 0.5) is 0 Å². The van der Waals surface area contributed by atoms with Crippen molar-refractivity contribution in [2.75, 3.05) is 26.4 Å². The van der Waals surface area contributed by atoms with E-state index < -0.39 is 0 Å². The Bertz CT molecular complexity index is 231. The Kier molecular flexibility index (Phi) is 10.8. The van der Waals surface area contributed by atoms with Crippen LogP contribution in [0.1, 0.15) is 33.1 Å². The zero-order valence-corrected chi connectivity index (χ0v) is 13.7. The second kappa shape index (κ2) is 10.8. The highest BCUT2D eigenvalue weighted by atomic mass is 127. The SMILES string of the molecule is CC(C)NC(N)=NCCCOCC1CCCO1.I. The van der Waals surface area contributed by atoms with E-state index >= 15 is 0 Å². The molecule has 0 aromatic heterocycles. The lowest BCUT2D eigenvalue weighted by molar-refractivity contribution is 0.0171. The smallest absolute Gasteiger partial charge is 0.188 e. The largest absolute Gasteiger partial charge is 0.379 e. The van der Waals surface area contributed by atoms with E-state index in [9.17, 15) is 0 Å². The molecule has 0 radical (unpaired) electrons. The molecule has 0 bridgehead atoms. The van der Waals surface area contributed by atoms with Crippen molar-refractivity contribution in [3.8, 4) is 0 Å². The fourth-order valence-electron chi connectivity index (χ4n) is 1.70. The number of hydrogen-bond donors (Lipinski definition) is 2. The van der Waals surface area contributed by atoms with Gasteiger partial charge in [-0.15, -0.1) is 24.0 Å². The molecule has 0 aliphatic carbocycles. The summed E-state index contributed by atoms with van der Waals surface area (Å²) in [6.07, 6.45) is 3.50. The maximum Gasteiger partial charge on any atom is 0.188 e. The highest BCUT2D eigenvalue weighted by Crippen LogP contribution is 2.11. The van der Waals surface area contributed by atoms with Crippen LogP contribution in [0.25, 0.3) is 0 Å². The molecule has 1 aliphatic heterocycles. The molecule has 108 valence electrons. The molecule has 1 saturated heterocycles. The number of nitrogens with two attached hydrogens (primary N) is 1. The molecule has 0 amide bonds. The molecule has 1 atom stereocenters. The number of ether oxygens (including phenoxy) is 2. The van der Waals surface area contributed by atoms with E-state index in [1.54, 1.807) is 0 Å². The van der Waals surface area contributed by atoms with Gasteiger partial charge >= 0.3 is 0 Å². The average Bonchev–Trinajstić information content (AvgIpc) is 2.75. The van der Waals surface area contributed by atoms with Gasteiger partial charge in [0.05, 0.1) is 12.7 Å². The summed E-state index contributed by atoms with van der Waals surface area (Å²) in [5.41, 5.74) is 5.67. The second-order valence-corrected chi connectivity index (χ2v) is 4.63. The lowest BCUT2D eigenvalue weighted by Crippen LogP contribution is -2.36. The fourth-order valence-corrected chi connectivity index (χ4v) is 1.70. The molecular weight excluding hydrogens is 345 g/mol. The van der Waals surface area contributed by atoms with Crippen molar-refractivity contribution >= 4 is 29.9 Å². The van der Waals surface area contributed by atoms with E-state index in [1.165, 1.54) is 0 Å². The predicted molar refractivity (Wildman–Crippen MR) is 84.6 cm³/mol. The van der Waals surface area contributed by atoms with Crippen molar-refractivity contribution in [2.24, 2.45) is 10.7 Å². The van der Waals surface area contributed by atoms with Crippen LogP contribution in [0.5, 0.6) is 0 Å². The molecular formula is C12H26IN3O2. The van der Waals surface area contributed by atoms with Gasteiger partial charge in [0.15, 0.2) is 5.96 Å². The van der Waals surface area contributed by atoms with Gasteiger partial charge in [-0.3, -0.25) is 4.99 Å². The highest BCUT2D eigenvalue weighted by molar-refractivity contribution is 14.0. The van der Waals surface area contributed by atoms with Gasteiger partial charge in [-0.05, 0) is 33.1 Å². The third kappa shape index (κ3) is 8.93. The summed E-state index contributed by atoms with van der Waals surface area (Å²) >= 11 is 0. The van der Waals surface area contributed by atoms with Gasteiger partial charge in [0.25, 0.3) is 0 Å². The van der Waals surface area contributed by atoms with Crippen molar-refractivity contribution in [3.63, 3.8) is 0 Å². The maximum atomic E-state index is 5.67. The highest BCUT2D eigenvalue weighted by Gasteiger charge is 2.14. The second-order valence-electron chi connectivity index (χ2n) is 4.63. The maximum absolute atomic E-state index is 5.67. The number of halogens is 1. The van der Waals surface area contributed by atoms with Crippen LogP contribution in [0.3, 0.4) is 0 Å². The number of hydrogen-bond acceptors (Lipinski definition) is 3. The van der Waals surface area contributed by atoms with Crippen LogP contribution in [0.2, 0.25) is 0 Å². The molecule has 1 rings (SSSR count). The predicted octanol–water partition coefficient (Wildman–Crippen LogP) is 1.50. The number of nitrogens with zero attached hydrogens (tertiary/aromatic N) is 1. The number of aliphatic imine (C=N–C) groups is 1. The van der Waals surface area contributed by atoms with Gasteiger partial charge in [0.1, 0.15) is 0 Å². The van der Waals surface area contributed by atoms with Crippen LogP contribution in [0.15, 0.2) is 4.99 Å². The summed E-state index contributed by atoms with van der Waals surface area (Å²) in [6, 6.07) is 0.328. The lowest BCUT2D eigenvalue weighted by Gasteiger charge is -2.10. The van der Waals surface area contributed by atoms with E-state index in [-0.39, 0.29) is 24.0 Å². The molecule has 0 aromatic rings. The van der Waals surface area contributed by atoms with E-state index in [4.69, 9.17) is 15.2 Å². The Morgan fingerprint density at radius 3 is 2.94 bits per heavy atom. The zero-order valence-electron chi connectivity index (χ0n) is 11.4. The Morgan fingerprint density at radius 1 is 1.56 bits per heavy atom. The fraction of sp³-hybridized carbons (Fsp3) is 0.917. The topological polar surface area (TPSA) is 68.9 Å². The Balaban J connectivity index is 0.00000289. The zero-order chi connectivity index (χ0) is 12.5. The summed E-state index contributed by atoms with van der Waals surface area (Å²) in [7, 11) is 0. The summed E-state index contributed by atoms with van der Waals surface area (Å²) in [5, 5.41) is 3.05. The first kappa shape index (κ1) is 17.9. The molecule has 0 spiro atoms. The molecule has 1 heterocycles. The molecule has 3 N–H and O–H groups in total. The van der Waals surface area contributed by atoms with Gasteiger partial charge in [0, 0.05) is 25.8 Å². The first-order valence-electron chi connectivity index (χ1n) is 6.44. The number of rotatable bonds is 7. The Hall–Kier alpha value is -0.0800. The van der Waals surface area contributed by atoms with Crippen LogP contribution < -0.4 is 11.1 Å². The standard InChI is InChI=1S/C12H25N3O2.HI/c1-10(2)15-12(13)14-6-4-7-16-9-11-5-3-8-17-11;/h10-11H,3-9H2,1-2H3,(H3,13,14,15);1H. The molecule has 0 saturated carbocycles. The molecule has 1 aliphatic rings. The van der Waals surface area contributed by atoms with Crippen molar-refractivity contribution in [3.05, 3.63) is 0 Å². The van der Waals surface area contributed by atoms with Gasteiger partial charge in [-0.25, -0.2) is 0 Å². The summed E-state index contributed by atoms with van der Waals surface area (Å²) in [6.45, 7) is 7.09.